The van der Waals surface area contributed by atoms with Gasteiger partial charge in [0.2, 0.25) is 5.95 Å². The molecule has 1 atom stereocenters. The molecule has 4 heterocycles. The van der Waals surface area contributed by atoms with Crippen LogP contribution in [0.4, 0.5) is 32.1 Å². The van der Waals surface area contributed by atoms with Gasteiger partial charge in [-0.2, -0.15) is 4.98 Å². The second-order valence-electron chi connectivity index (χ2n) is 10.8. The number of pyridine rings is 1. The Labute approximate surface area is 214 Å². The third kappa shape index (κ3) is 5.30. The fourth-order valence-corrected chi connectivity index (χ4v) is 6.26. The quantitative estimate of drug-likeness (QED) is 0.495. The standard InChI is InChI=1S/C25H30F2N6O3S/c1-24(2)14-33(15-25(26,27)22(24)34)23-28-8-7-20(31-23)30-21-9-17-5-4-6-19(18(17)10-29-21)32-11-16(12-32)13-37(3,35)36/h4-10,16,22,34H,11-15H2,1-3H3,(H,28,29,30,31)/t22-/m1/s1. The summed E-state index contributed by atoms with van der Waals surface area (Å²) in [7, 11) is -3.00. The number of nitrogens with one attached hydrogen (secondary N) is 1. The van der Waals surface area contributed by atoms with Crippen LogP contribution in [-0.4, -0.2) is 78.7 Å². The number of fused-ring (bicyclic) bond motifs is 1. The average Bonchev–Trinajstić information content (AvgIpc) is 2.78. The van der Waals surface area contributed by atoms with Crippen LogP contribution >= 0.6 is 0 Å². The lowest BCUT2D eigenvalue weighted by atomic mass is 9.79. The van der Waals surface area contributed by atoms with Gasteiger partial charge in [0.05, 0.1) is 12.3 Å². The SMILES string of the molecule is CC1(C)CN(c2nccc(Nc3cc4cccc(N5CC(CS(C)(=O)=O)C5)c4cn3)n2)CC(F)(F)[C@@H]1O. The number of piperidine rings is 1. The van der Waals surface area contributed by atoms with E-state index in [2.05, 4.69) is 25.2 Å². The number of nitrogens with zero attached hydrogens (tertiary/aromatic N) is 5. The molecule has 0 unspecified atom stereocenters. The van der Waals surface area contributed by atoms with Gasteiger partial charge in [-0.05, 0) is 23.6 Å². The molecule has 0 saturated carbocycles. The Kier molecular flexibility index (Phi) is 6.22. The molecule has 0 radical (unpaired) electrons. The molecule has 2 N–H and O–H groups in total. The predicted molar refractivity (Wildman–Crippen MR) is 139 cm³/mol. The minimum atomic E-state index is -3.28. The summed E-state index contributed by atoms with van der Waals surface area (Å²) in [6.45, 7) is 4.07. The number of aromatic nitrogens is 3. The number of alkyl halides is 2. The Hall–Kier alpha value is -3.12. The molecule has 3 aromatic rings. The number of aliphatic hydroxyl groups excluding tert-OH is 1. The summed E-state index contributed by atoms with van der Waals surface area (Å²) < 4.78 is 52.0. The van der Waals surface area contributed by atoms with Crippen molar-refractivity contribution >= 4 is 43.9 Å². The van der Waals surface area contributed by atoms with E-state index in [0.29, 0.717) is 24.7 Å². The second kappa shape index (κ2) is 9.02. The minimum Gasteiger partial charge on any atom is -0.386 e. The molecule has 1 aromatic carbocycles. The molecule has 2 aliphatic heterocycles. The Bertz CT molecular complexity index is 1410. The van der Waals surface area contributed by atoms with Gasteiger partial charge in [0.25, 0.3) is 5.92 Å². The largest absolute Gasteiger partial charge is 0.386 e. The van der Waals surface area contributed by atoms with Crippen LogP contribution in [0.5, 0.6) is 0 Å². The Morgan fingerprint density at radius 2 is 1.86 bits per heavy atom. The summed E-state index contributed by atoms with van der Waals surface area (Å²) in [6, 6.07) is 9.42. The van der Waals surface area contributed by atoms with Gasteiger partial charge in [-0.1, -0.05) is 26.0 Å². The monoisotopic (exact) mass is 532 g/mol. The molecular formula is C25H30F2N6O3S. The molecule has 2 aliphatic rings. The van der Waals surface area contributed by atoms with Gasteiger partial charge < -0.3 is 20.2 Å². The van der Waals surface area contributed by atoms with E-state index in [-0.39, 0.29) is 24.2 Å². The number of hydrogen-bond acceptors (Lipinski definition) is 9. The molecule has 0 aliphatic carbocycles. The third-order valence-electron chi connectivity index (χ3n) is 6.90. The number of sulfone groups is 1. The molecule has 2 fully saturated rings. The third-order valence-corrected chi connectivity index (χ3v) is 7.98. The zero-order chi connectivity index (χ0) is 26.6. The van der Waals surface area contributed by atoms with Gasteiger partial charge in [-0.15, -0.1) is 0 Å². The molecule has 5 rings (SSSR count). The molecule has 2 saturated heterocycles. The van der Waals surface area contributed by atoms with Gasteiger partial charge in [0.15, 0.2) is 0 Å². The summed E-state index contributed by atoms with van der Waals surface area (Å²) in [5.41, 5.74) is -0.0330. The van der Waals surface area contributed by atoms with Crippen molar-refractivity contribution < 1.29 is 22.3 Å². The molecule has 198 valence electrons. The summed E-state index contributed by atoms with van der Waals surface area (Å²) in [5, 5.41) is 15.1. The van der Waals surface area contributed by atoms with Gasteiger partial charge in [-0.25, -0.2) is 27.2 Å². The van der Waals surface area contributed by atoms with E-state index in [9.17, 15) is 22.3 Å². The molecule has 0 bridgehead atoms. The maximum absolute atomic E-state index is 14.4. The Balaban J connectivity index is 1.33. The van der Waals surface area contributed by atoms with Gasteiger partial charge in [0.1, 0.15) is 27.6 Å². The van der Waals surface area contributed by atoms with Crippen molar-refractivity contribution in [3.63, 3.8) is 0 Å². The first-order valence-corrected chi connectivity index (χ1v) is 14.1. The minimum absolute atomic E-state index is 0.125. The first kappa shape index (κ1) is 25.5. The Morgan fingerprint density at radius 1 is 1.11 bits per heavy atom. The summed E-state index contributed by atoms with van der Waals surface area (Å²) >= 11 is 0. The highest BCUT2D eigenvalue weighted by Crippen LogP contribution is 2.40. The first-order valence-electron chi connectivity index (χ1n) is 12.0. The molecule has 2 aromatic heterocycles. The van der Waals surface area contributed by atoms with Crippen molar-refractivity contribution in [2.24, 2.45) is 11.3 Å². The van der Waals surface area contributed by atoms with E-state index in [4.69, 9.17) is 0 Å². The van der Waals surface area contributed by atoms with Crippen molar-refractivity contribution in [2.45, 2.75) is 25.9 Å². The van der Waals surface area contributed by atoms with Crippen LogP contribution in [0.1, 0.15) is 13.8 Å². The zero-order valence-corrected chi connectivity index (χ0v) is 21.7. The van der Waals surface area contributed by atoms with Crippen molar-refractivity contribution in [3.05, 3.63) is 42.7 Å². The van der Waals surface area contributed by atoms with Crippen LogP contribution in [0.2, 0.25) is 0 Å². The van der Waals surface area contributed by atoms with Crippen molar-refractivity contribution in [1.29, 1.82) is 0 Å². The highest BCUT2D eigenvalue weighted by Gasteiger charge is 2.53. The van der Waals surface area contributed by atoms with Crippen molar-refractivity contribution in [3.8, 4) is 0 Å². The molecule has 0 spiro atoms. The maximum Gasteiger partial charge on any atom is 0.291 e. The summed E-state index contributed by atoms with van der Waals surface area (Å²) in [4.78, 5) is 16.7. The van der Waals surface area contributed by atoms with Crippen LogP contribution in [0.15, 0.2) is 42.7 Å². The lowest BCUT2D eigenvalue weighted by Crippen LogP contribution is -2.61. The van der Waals surface area contributed by atoms with E-state index >= 15 is 0 Å². The van der Waals surface area contributed by atoms with Crippen molar-refractivity contribution in [1.82, 2.24) is 15.0 Å². The van der Waals surface area contributed by atoms with Gasteiger partial charge in [0, 0.05) is 60.7 Å². The maximum atomic E-state index is 14.4. The van der Waals surface area contributed by atoms with E-state index in [1.54, 1.807) is 26.1 Å². The average molecular weight is 533 g/mol. The lowest BCUT2D eigenvalue weighted by Gasteiger charge is -2.45. The zero-order valence-electron chi connectivity index (χ0n) is 20.9. The van der Waals surface area contributed by atoms with E-state index in [1.807, 2.05) is 24.3 Å². The normalized spacial score (nSPS) is 21.6. The molecule has 9 nitrogen and oxygen atoms in total. The topological polar surface area (TPSA) is 112 Å². The number of halogens is 2. The Morgan fingerprint density at radius 3 is 2.57 bits per heavy atom. The van der Waals surface area contributed by atoms with E-state index < -0.39 is 33.8 Å². The highest BCUT2D eigenvalue weighted by molar-refractivity contribution is 7.90. The van der Waals surface area contributed by atoms with Crippen molar-refractivity contribution in [2.75, 3.05) is 53.3 Å². The molecular weight excluding hydrogens is 502 g/mol. The predicted octanol–water partition coefficient (Wildman–Crippen LogP) is 3.09. The smallest absolute Gasteiger partial charge is 0.291 e. The number of aliphatic hydroxyl groups is 1. The lowest BCUT2D eigenvalue weighted by molar-refractivity contribution is -0.160. The molecule has 0 amide bonds. The van der Waals surface area contributed by atoms with E-state index in [0.717, 1.165) is 16.5 Å². The van der Waals surface area contributed by atoms with Crippen LogP contribution in [0.25, 0.3) is 10.8 Å². The number of rotatable bonds is 6. The highest BCUT2D eigenvalue weighted by atomic mass is 32.2. The first-order chi connectivity index (χ1) is 17.3. The van der Waals surface area contributed by atoms with E-state index in [1.165, 1.54) is 17.4 Å². The van der Waals surface area contributed by atoms with Crippen LogP contribution in [0.3, 0.4) is 0 Å². The number of benzene rings is 1. The van der Waals surface area contributed by atoms with Gasteiger partial charge in [-0.3, -0.25) is 0 Å². The van der Waals surface area contributed by atoms with Crippen LogP contribution in [0, 0.1) is 11.3 Å². The molecule has 12 heteroatoms. The number of hydrogen-bond donors (Lipinski definition) is 2. The van der Waals surface area contributed by atoms with Gasteiger partial charge >= 0.3 is 0 Å². The second-order valence-corrected chi connectivity index (χ2v) is 13.0. The molecule has 37 heavy (non-hydrogen) atoms. The number of anilines is 4. The fourth-order valence-electron chi connectivity index (χ4n) is 5.19. The van der Waals surface area contributed by atoms with Crippen LogP contribution < -0.4 is 15.1 Å². The summed E-state index contributed by atoms with van der Waals surface area (Å²) in [6.07, 6.45) is 2.77. The fraction of sp³-hybridized carbons (Fsp3) is 0.480. The summed E-state index contributed by atoms with van der Waals surface area (Å²) in [5.74, 6) is -1.88. The van der Waals surface area contributed by atoms with Crippen LogP contribution in [-0.2, 0) is 9.84 Å².